The van der Waals surface area contributed by atoms with Gasteiger partial charge in [0.15, 0.2) is 5.69 Å². The van der Waals surface area contributed by atoms with Gasteiger partial charge >= 0.3 is 5.97 Å². The highest BCUT2D eigenvalue weighted by atomic mass is 16.4. The van der Waals surface area contributed by atoms with Crippen LogP contribution in [-0.2, 0) is 10.3 Å². The van der Waals surface area contributed by atoms with Gasteiger partial charge in [-0.1, -0.05) is 36.4 Å². The average Bonchev–Trinajstić information content (AvgIpc) is 2.67. The third-order valence-corrected chi connectivity index (χ3v) is 3.99. The van der Waals surface area contributed by atoms with E-state index in [4.69, 9.17) is 5.11 Å². The van der Waals surface area contributed by atoms with E-state index in [0.717, 1.165) is 5.56 Å². The van der Waals surface area contributed by atoms with E-state index in [-0.39, 0.29) is 11.4 Å². The molecule has 1 aliphatic heterocycles. The van der Waals surface area contributed by atoms with Gasteiger partial charge in [-0.25, -0.2) is 4.98 Å². The van der Waals surface area contributed by atoms with E-state index in [9.17, 15) is 14.7 Å². The summed E-state index contributed by atoms with van der Waals surface area (Å²) in [6.07, 6.45) is 7.37. The summed E-state index contributed by atoms with van der Waals surface area (Å²) in [4.78, 5) is 27.2. The molecule has 2 aromatic rings. The molecule has 0 aliphatic carbocycles. The van der Waals surface area contributed by atoms with Gasteiger partial charge in [0.1, 0.15) is 17.8 Å². The molecule has 132 valence electrons. The molecule has 0 spiro atoms. The molecule has 0 fully saturated rings. The zero-order valence-electron chi connectivity index (χ0n) is 13.7. The van der Waals surface area contributed by atoms with Gasteiger partial charge in [0.2, 0.25) is 0 Å². The maximum Gasteiger partial charge on any atom is 0.322 e. The number of aromatic nitrogens is 1. The minimum Gasteiger partial charge on any atom is -0.505 e. The Labute approximate surface area is 149 Å². The fraction of sp³-hybridized carbons (Fsp3) is 0.105. The van der Waals surface area contributed by atoms with E-state index in [1.807, 2.05) is 48.6 Å². The molecule has 1 amide bonds. The van der Waals surface area contributed by atoms with E-state index < -0.39 is 24.0 Å². The van der Waals surface area contributed by atoms with Crippen molar-refractivity contribution in [3.63, 3.8) is 0 Å². The number of benzene rings is 1. The number of nitrogens with one attached hydrogen (secondary N) is 2. The van der Waals surface area contributed by atoms with Crippen LogP contribution in [0.3, 0.4) is 0 Å². The first-order chi connectivity index (χ1) is 12.5. The van der Waals surface area contributed by atoms with Crippen LogP contribution in [0, 0.1) is 0 Å². The molecular weight excluding hydrogens is 334 g/mol. The van der Waals surface area contributed by atoms with Crippen LogP contribution in [0.1, 0.15) is 21.7 Å². The second-order valence-corrected chi connectivity index (χ2v) is 5.68. The molecule has 1 atom stereocenters. The number of carbonyl (C=O) groups excluding carboxylic acids is 1. The Morgan fingerprint density at radius 1 is 1.12 bits per heavy atom. The Hall–Kier alpha value is -3.61. The first-order valence-corrected chi connectivity index (χ1v) is 7.91. The summed E-state index contributed by atoms with van der Waals surface area (Å²) in [5.74, 6) is -2.27. The van der Waals surface area contributed by atoms with Gasteiger partial charge in [-0.05, 0) is 36.0 Å². The van der Waals surface area contributed by atoms with Crippen LogP contribution < -0.4 is 10.6 Å². The molecule has 0 saturated carbocycles. The summed E-state index contributed by atoms with van der Waals surface area (Å²) in [6, 6.07) is 12.5. The zero-order chi connectivity index (χ0) is 18.6. The molecule has 1 unspecified atom stereocenters. The predicted molar refractivity (Wildman–Crippen MR) is 94.5 cm³/mol. The number of hydrogen-bond acceptors (Lipinski definition) is 5. The predicted octanol–water partition coefficient (Wildman–Crippen LogP) is 1.52. The minimum absolute atomic E-state index is 0.233. The van der Waals surface area contributed by atoms with Crippen LogP contribution in [-0.4, -0.2) is 33.6 Å². The molecule has 26 heavy (non-hydrogen) atoms. The third kappa shape index (κ3) is 3.27. The molecule has 4 N–H and O–H groups in total. The Bertz CT molecular complexity index is 893. The largest absolute Gasteiger partial charge is 0.505 e. The Kier molecular flexibility index (Phi) is 4.70. The first-order valence-electron chi connectivity index (χ1n) is 7.91. The number of hydrogen-bond donors (Lipinski definition) is 4. The molecule has 7 nitrogen and oxygen atoms in total. The van der Waals surface area contributed by atoms with Crippen molar-refractivity contribution in [3.05, 3.63) is 83.8 Å². The number of aliphatic carboxylic acids is 1. The lowest BCUT2D eigenvalue weighted by molar-refractivity contribution is -0.135. The van der Waals surface area contributed by atoms with Gasteiger partial charge in [-0.2, -0.15) is 0 Å². The lowest BCUT2D eigenvalue weighted by atomic mass is 9.84. The highest BCUT2D eigenvalue weighted by molar-refractivity contribution is 5.96. The molecule has 1 aromatic carbocycles. The Balaban J connectivity index is 2.05. The molecule has 0 bridgehead atoms. The second kappa shape index (κ2) is 7.10. The van der Waals surface area contributed by atoms with Crippen molar-refractivity contribution < 1.29 is 19.8 Å². The zero-order valence-corrected chi connectivity index (χ0v) is 13.7. The number of nitrogens with zero attached hydrogens (tertiary/aromatic N) is 1. The molecule has 3 rings (SSSR count). The van der Waals surface area contributed by atoms with Crippen LogP contribution in [0.5, 0.6) is 5.75 Å². The fourth-order valence-corrected chi connectivity index (χ4v) is 2.75. The number of carbonyl (C=O) groups is 2. The second-order valence-electron chi connectivity index (χ2n) is 5.68. The molecule has 1 aromatic heterocycles. The van der Waals surface area contributed by atoms with Crippen molar-refractivity contribution in [3.8, 4) is 5.75 Å². The van der Waals surface area contributed by atoms with Crippen LogP contribution >= 0.6 is 0 Å². The van der Waals surface area contributed by atoms with Crippen LogP contribution in [0.15, 0.2) is 66.9 Å². The molecular formula is C19H17N3O4. The van der Waals surface area contributed by atoms with Crippen molar-refractivity contribution in [1.29, 1.82) is 0 Å². The summed E-state index contributed by atoms with van der Waals surface area (Å²) in [5, 5.41) is 24.2. The minimum atomic E-state index is -1.18. The van der Waals surface area contributed by atoms with E-state index in [1.54, 1.807) is 12.3 Å². The molecule has 0 radical (unpaired) electrons. The van der Waals surface area contributed by atoms with E-state index in [2.05, 4.69) is 15.6 Å². The number of allylic oxidation sites excluding steroid dienone is 2. The smallest absolute Gasteiger partial charge is 0.322 e. The molecule has 0 saturated heterocycles. The fourth-order valence-electron chi connectivity index (χ4n) is 2.75. The van der Waals surface area contributed by atoms with Crippen molar-refractivity contribution in [1.82, 2.24) is 15.6 Å². The van der Waals surface area contributed by atoms with Crippen LogP contribution in [0.25, 0.3) is 0 Å². The lowest BCUT2D eigenvalue weighted by Crippen LogP contribution is -2.41. The SMILES string of the molecule is O=C(O)CNC(=O)c1nc(C2(c3ccccc3)C=CC=CN2)ccc1O. The number of carboxylic acids is 1. The van der Waals surface area contributed by atoms with Gasteiger partial charge in [-0.15, -0.1) is 0 Å². The number of dihydropyridines is 1. The van der Waals surface area contributed by atoms with E-state index >= 15 is 0 Å². The maximum absolute atomic E-state index is 12.2. The number of carboxylic acid groups (broad SMARTS) is 1. The van der Waals surface area contributed by atoms with Gasteiger partial charge < -0.3 is 20.8 Å². The number of pyridine rings is 1. The quantitative estimate of drug-likeness (QED) is 0.650. The Morgan fingerprint density at radius 2 is 1.88 bits per heavy atom. The summed E-state index contributed by atoms with van der Waals surface area (Å²) in [7, 11) is 0. The van der Waals surface area contributed by atoms with Crippen LogP contribution in [0.2, 0.25) is 0 Å². The van der Waals surface area contributed by atoms with Gasteiger partial charge in [-0.3, -0.25) is 9.59 Å². The number of aromatic hydroxyl groups is 1. The summed E-state index contributed by atoms with van der Waals surface area (Å²) in [5.41, 5.74) is 0.341. The summed E-state index contributed by atoms with van der Waals surface area (Å²) >= 11 is 0. The van der Waals surface area contributed by atoms with Gasteiger partial charge in [0.25, 0.3) is 5.91 Å². The summed E-state index contributed by atoms with van der Waals surface area (Å²) in [6.45, 7) is -0.561. The molecule has 7 heteroatoms. The van der Waals surface area contributed by atoms with E-state index in [1.165, 1.54) is 6.07 Å². The maximum atomic E-state index is 12.2. The number of rotatable bonds is 5. The molecule has 2 heterocycles. The van der Waals surface area contributed by atoms with Gasteiger partial charge in [0, 0.05) is 0 Å². The van der Waals surface area contributed by atoms with Gasteiger partial charge in [0.05, 0.1) is 5.69 Å². The highest BCUT2D eigenvalue weighted by Crippen LogP contribution is 2.33. The van der Waals surface area contributed by atoms with E-state index in [0.29, 0.717) is 5.69 Å². The number of amides is 1. The van der Waals surface area contributed by atoms with Crippen molar-refractivity contribution >= 4 is 11.9 Å². The highest BCUT2D eigenvalue weighted by Gasteiger charge is 2.34. The Morgan fingerprint density at radius 3 is 2.54 bits per heavy atom. The van der Waals surface area contributed by atoms with Crippen molar-refractivity contribution in [2.75, 3.05) is 6.54 Å². The van der Waals surface area contributed by atoms with Crippen molar-refractivity contribution in [2.24, 2.45) is 0 Å². The first kappa shape index (κ1) is 17.2. The molecule has 1 aliphatic rings. The topological polar surface area (TPSA) is 112 Å². The monoisotopic (exact) mass is 351 g/mol. The average molecular weight is 351 g/mol. The standard InChI is InChI=1S/C19H17N3O4/c23-14-8-9-15(22-17(14)18(26)20-12-16(24)25)19(10-4-5-11-21-19)13-6-2-1-3-7-13/h1-11,21,23H,12H2,(H,20,26)(H,24,25). The van der Waals surface area contributed by atoms with Crippen LogP contribution in [0.4, 0.5) is 0 Å². The third-order valence-electron chi connectivity index (χ3n) is 3.99. The van der Waals surface area contributed by atoms with Crippen molar-refractivity contribution in [2.45, 2.75) is 5.54 Å². The summed E-state index contributed by atoms with van der Waals surface area (Å²) < 4.78 is 0. The normalized spacial score (nSPS) is 18.2. The lowest BCUT2D eigenvalue weighted by Gasteiger charge is -2.33.